The van der Waals surface area contributed by atoms with Crippen LogP contribution in [0, 0.1) is 0 Å². The summed E-state index contributed by atoms with van der Waals surface area (Å²) in [5, 5.41) is 5.48. The quantitative estimate of drug-likeness (QED) is 0.470. The van der Waals surface area contributed by atoms with E-state index in [2.05, 4.69) is 97.9 Å². The molecule has 0 saturated heterocycles. The Kier molecular flexibility index (Phi) is 5.08. The first-order valence-electron chi connectivity index (χ1n) is 9.44. The van der Waals surface area contributed by atoms with Crippen molar-refractivity contribution in [2.24, 2.45) is 0 Å². The smallest absolute Gasteiger partial charge is 0.119 e. The third-order valence-corrected chi connectivity index (χ3v) is 9.01. The second kappa shape index (κ2) is 7.81. The van der Waals surface area contributed by atoms with Crippen molar-refractivity contribution in [1.29, 1.82) is 0 Å². The van der Waals surface area contributed by atoms with Crippen LogP contribution in [0.25, 0.3) is 10.8 Å². The molecule has 0 aliphatic carbocycles. The largest absolute Gasteiger partial charge is 0.497 e. The molecule has 4 aromatic carbocycles. The fraction of sp³-hybridized carbons (Fsp3) is 0.120. The second-order valence-corrected chi connectivity index (χ2v) is 10.3. The summed E-state index contributed by atoms with van der Waals surface area (Å²) < 4.78 is 5.36. The van der Waals surface area contributed by atoms with E-state index in [4.69, 9.17) is 4.74 Å². The average Bonchev–Trinajstić information content (AvgIpc) is 2.74. The van der Waals surface area contributed by atoms with Crippen LogP contribution in [0.4, 0.5) is 0 Å². The number of rotatable bonds is 5. The lowest BCUT2D eigenvalue weighted by Crippen LogP contribution is -2.46. The molecule has 27 heavy (non-hydrogen) atoms. The first kappa shape index (κ1) is 17.6. The van der Waals surface area contributed by atoms with Crippen LogP contribution in [0.1, 0.15) is 18.0 Å². The summed E-state index contributed by atoms with van der Waals surface area (Å²) in [5.74, 6) is 0.907. The molecule has 134 valence electrons. The Morgan fingerprint density at radius 2 is 1.22 bits per heavy atom. The Labute approximate surface area is 162 Å². The number of methoxy groups -OCH3 is 1. The van der Waals surface area contributed by atoms with Crippen LogP contribution in [-0.2, 0) is 0 Å². The molecule has 0 amide bonds. The molecular weight excluding hydrogens is 344 g/mol. The van der Waals surface area contributed by atoms with E-state index in [-0.39, 0.29) is 0 Å². The van der Waals surface area contributed by atoms with Gasteiger partial charge in [-0.2, -0.15) is 0 Å². The molecular formula is C25H24OSi. The summed E-state index contributed by atoms with van der Waals surface area (Å²) in [4.78, 5) is 0. The van der Waals surface area contributed by atoms with Gasteiger partial charge in [-0.3, -0.25) is 0 Å². The maximum atomic E-state index is 5.36. The lowest BCUT2D eigenvalue weighted by Gasteiger charge is -2.24. The standard InChI is InChI=1S/C25H24OSi/c1-19(20-13-14-22-18-23(26-2)16-15-21(22)17-20)27(24-9-5-3-6-10-24)25-11-7-4-8-12-25/h3-19,27H,1-2H3. The lowest BCUT2D eigenvalue weighted by atomic mass is 10.1. The molecule has 2 heteroatoms. The van der Waals surface area contributed by atoms with Gasteiger partial charge in [0.05, 0.1) is 7.11 Å². The van der Waals surface area contributed by atoms with Crippen molar-refractivity contribution in [3.63, 3.8) is 0 Å². The van der Waals surface area contributed by atoms with Gasteiger partial charge in [0.1, 0.15) is 14.5 Å². The Morgan fingerprint density at radius 1 is 0.667 bits per heavy atom. The predicted molar refractivity (Wildman–Crippen MR) is 118 cm³/mol. The van der Waals surface area contributed by atoms with Crippen LogP contribution in [0.3, 0.4) is 0 Å². The van der Waals surface area contributed by atoms with Crippen molar-refractivity contribution in [2.75, 3.05) is 7.11 Å². The van der Waals surface area contributed by atoms with Crippen molar-refractivity contribution in [1.82, 2.24) is 0 Å². The van der Waals surface area contributed by atoms with Gasteiger partial charge in [0, 0.05) is 0 Å². The van der Waals surface area contributed by atoms with E-state index in [9.17, 15) is 0 Å². The summed E-state index contributed by atoms with van der Waals surface area (Å²) in [6, 6.07) is 35.2. The minimum absolute atomic E-state index is 0.501. The summed E-state index contributed by atoms with van der Waals surface area (Å²) in [6.07, 6.45) is 0. The third kappa shape index (κ3) is 3.67. The monoisotopic (exact) mass is 368 g/mol. The first-order valence-corrected chi connectivity index (χ1v) is 11.3. The molecule has 4 rings (SSSR count). The molecule has 1 atom stereocenters. The van der Waals surface area contributed by atoms with Crippen molar-refractivity contribution in [3.8, 4) is 5.75 Å². The topological polar surface area (TPSA) is 9.23 Å². The molecule has 0 fully saturated rings. The van der Waals surface area contributed by atoms with Crippen molar-refractivity contribution < 1.29 is 4.74 Å². The van der Waals surface area contributed by atoms with Crippen molar-refractivity contribution in [3.05, 3.63) is 103 Å². The Hall–Kier alpha value is -2.84. The van der Waals surface area contributed by atoms with Crippen LogP contribution in [0.15, 0.2) is 97.1 Å². The van der Waals surface area contributed by atoms with Gasteiger partial charge in [-0.25, -0.2) is 0 Å². The van der Waals surface area contributed by atoms with E-state index in [1.165, 1.54) is 26.7 Å². The molecule has 0 aliphatic rings. The second-order valence-electron chi connectivity index (χ2n) is 7.06. The molecule has 0 aromatic heterocycles. The predicted octanol–water partition coefficient (Wildman–Crippen LogP) is 4.53. The minimum atomic E-state index is -1.39. The highest BCUT2D eigenvalue weighted by Crippen LogP contribution is 2.26. The van der Waals surface area contributed by atoms with Gasteiger partial charge in [-0.1, -0.05) is 102 Å². The highest BCUT2D eigenvalue weighted by molar-refractivity contribution is 6.86. The molecule has 0 heterocycles. The fourth-order valence-corrected chi connectivity index (χ4v) is 7.34. The fourth-order valence-electron chi connectivity index (χ4n) is 3.94. The minimum Gasteiger partial charge on any atom is -0.497 e. The van der Waals surface area contributed by atoms with Crippen molar-refractivity contribution in [2.45, 2.75) is 12.5 Å². The van der Waals surface area contributed by atoms with E-state index < -0.39 is 8.80 Å². The summed E-state index contributed by atoms with van der Waals surface area (Å²) in [5.41, 5.74) is 1.92. The van der Waals surface area contributed by atoms with E-state index in [1.54, 1.807) is 7.11 Å². The van der Waals surface area contributed by atoms with Crippen LogP contribution in [0.5, 0.6) is 5.75 Å². The highest BCUT2D eigenvalue weighted by atomic mass is 28.3. The molecule has 4 aromatic rings. The van der Waals surface area contributed by atoms with Crippen molar-refractivity contribution >= 4 is 29.9 Å². The normalized spacial score (nSPS) is 12.3. The van der Waals surface area contributed by atoms with Crippen LogP contribution in [0.2, 0.25) is 0 Å². The average molecular weight is 369 g/mol. The summed E-state index contributed by atoms with van der Waals surface area (Å²) in [6.45, 7) is 2.39. The third-order valence-electron chi connectivity index (χ3n) is 5.41. The number of fused-ring (bicyclic) bond motifs is 1. The molecule has 0 N–H and O–H groups in total. The Balaban J connectivity index is 1.77. The van der Waals surface area contributed by atoms with Gasteiger partial charge in [-0.15, -0.1) is 0 Å². The maximum absolute atomic E-state index is 5.36. The zero-order valence-electron chi connectivity index (χ0n) is 15.8. The number of hydrogen-bond acceptors (Lipinski definition) is 1. The van der Waals surface area contributed by atoms with Gasteiger partial charge in [0.2, 0.25) is 0 Å². The molecule has 0 radical (unpaired) electrons. The summed E-state index contributed by atoms with van der Waals surface area (Å²) >= 11 is 0. The zero-order chi connectivity index (χ0) is 18.6. The van der Waals surface area contributed by atoms with E-state index in [0.29, 0.717) is 5.54 Å². The number of ether oxygens (including phenoxy) is 1. The molecule has 0 saturated carbocycles. The molecule has 0 bridgehead atoms. The Morgan fingerprint density at radius 3 is 1.81 bits per heavy atom. The first-order chi connectivity index (χ1) is 13.3. The number of hydrogen-bond donors (Lipinski definition) is 0. The SMILES string of the molecule is COc1ccc2cc(C(C)[SiH](c3ccccc3)c3ccccc3)ccc2c1. The van der Waals surface area contributed by atoms with Gasteiger partial charge in [0.25, 0.3) is 0 Å². The molecule has 1 unspecified atom stereocenters. The van der Waals surface area contributed by atoms with Crippen LogP contribution < -0.4 is 15.1 Å². The Bertz CT molecular complexity index is 988. The molecule has 0 aliphatic heterocycles. The van der Waals surface area contributed by atoms with Crippen LogP contribution in [-0.4, -0.2) is 15.9 Å². The van der Waals surface area contributed by atoms with Gasteiger partial charge in [-0.05, 0) is 34.0 Å². The highest BCUT2D eigenvalue weighted by Gasteiger charge is 2.24. The van der Waals surface area contributed by atoms with Gasteiger partial charge < -0.3 is 4.74 Å². The maximum Gasteiger partial charge on any atom is 0.119 e. The van der Waals surface area contributed by atoms with Crippen LogP contribution >= 0.6 is 0 Å². The van der Waals surface area contributed by atoms with E-state index in [0.717, 1.165) is 5.75 Å². The summed E-state index contributed by atoms with van der Waals surface area (Å²) in [7, 11) is 0.324. The van der Waals surface area contributed by atoms with E-state index in [1.807, 2.05) is 6.07 Å². The van der Waals surface area contributed by atoms with Gasteiger partial charge in [0.15, 0.2) is 0 Å². The van der Waals surface area contributed by atoms with Gasteiger partial charge >= 0.3 is 0 Å². The molecule has 0 spiro atoms. The lowest BCUT2D eigenvalue weighted by molar-refractivity contribution is 0.415. The molecule has 1 nitrogen and oxygen atoms in total. The van der Waals surface area contributed by atoms with E-state index >= 15 is 0 Å². The zero-order valence-corrected chi connectivity index (χ0v) is 17.0. The number of benzene rings is 4.